The van der Waals surface area contributed by atoms with Gasteiger partial charge in [-0.15, -0.1) is 0 Å². The molecule has 0 saturated heterocycles. The number of hydrogen-bond donors (Lipinski definition) is 1. The fourth-order valence-electron chi connectivity index (χ4n) is 3.95. The third-order valence-electron chi connectivity index (χ3n) is 5.98. The highest BCUT2D eigenvalue weighted by molar-refractivity contribution is 5.94. The van der Waals surface area contributed by atoms with Gasteiger partial charge in [0.2, 0.25) is 5.91 Å². The molecule has 2 fully saturated rings. The van der Waals surface area contributed by atoms with Crippen LogP contribution in [-0.4, -0.2) is 35.4 Å². The van der Waals surface area contributed by atoms with Gasteiger partial charge in [0.15, 0.2) is 0 Å². The fourth-order valence-corrected chi connectivity index (χ4v) is 3.95. The summed E-state index contributed by atoms with van der Waals surface area (Å²) in [7, 11) is 0. The predicted molar refractivity (Wildman–Crippen MR) is 110 cm³/mol. The molecule has 5 rings (SSSR count). The number of nitrogens with one attached hydrogen (secondary N) is 1. The Bertz CT molecular complexity index is 916. The third kappa shape index (κ3) is 4.14. The Morgan fingerprint density at radius 2 is 1.76 bits per heavy atom. The van der Waals surface area contributed by atoms with Crippen molar-refractivity contribution in [2.75, 3.05) is 6.61 Å². The highest BCUT2D eigenvalue weighted by Crippen LogP contribution is 2.33. The van der Waals surface area contributed by atoms with Crippen LogP contribution in [0.25, 0.3) is 0 Å². The lowest BCUT2D eigenvalue weighted by atomic mass is 9.95. The molecule has 1 atom stereocenters. The Hall–Kier alpha value is -2.82. The molecule has 150 valence electrons. The van der Waals surface area contributed by atoms with Crippen LogP contribution in [0.5, 0.6) is 5.75 Å². The quantitative estimate of drug-likeness (QED) is 0.823. The van der Waals surface area contributed by atoms with E-state index in [1.807, 2.05) is 53.4 Å². The second-order valence-electron chi connectivity index (χ2n) is 8.46. The number of para-hydroxylation sites is 1. The summed E-state index contributed by atoms with van der Waals surface area (Å²) in [6.07, 6.45) is 5.03. The highest BCUT2D eigenvalue weighted by Gasteiger charge is 2.37. The summed E-state index contributed by atoms with van der Waals surface area (Å²) in [5.74, 6) is 0.938. The summed E-state index contributed by atoms with van der Waals surface area (Å²) in [5, 5.41) is 3.01. The van der Waals surface area contributed by atoms with Crippen molar-refractivity contribution < 1.29 is 14.3 Å². The molecule has 2 saturated carbocycles. The molecule has 1 aliphatic heterocycles. The number of ether oxygens (including phenoxy) is 1. The predicted octanol–water partition coefficient (Wildman–Crippen LogP) is 3.32. The zero-order valence-corrected chi connectivity index (χ0v) is 16.5. The van der Waals surface area contributed by atoms with Gasteiger partial charge in [-0.05, 0) is 61.4 Å². The summed E-state index contributed by atoms with van der Waals surface area (Å²) in [4.78, 5) is 27.5. The lowest BCUT2D eigenvalue weighted by Gasteiger charge is -2.30. The van der Waals surface area contributed by atoms with E-state index in [1.165, 1.54) is 0 Å². The smallest absolute Gasteiger partial charge is 0.251 e. The summed E-state index contributed by atoms with van der Waals surface area (Å²) in [6, 6.07) is 16.3. The molecule has 2 aromatic rings. The van der Waals surface area contributed by atoms with Gasteiger partial charge in [-0.2, -0.15) is 0 Å². The van der Waals surface area contributed by atoms with Crippen molar-refractivity contribution in [3.05, 3.63) is 65.2 Å². The maximum atomic E-state index is 13.3. The fraction of sp³-hybridized carbons (Fsp3) is 0.417. The number of carbonyl (C=O) groups excluding carboxylic acids is 2. The number of nitrogens with zero attached hydrogens (tertiary/aromatic N) is 1. The minimum atomic E-state index is -0.130. The van der Waals surface area contributed by atoms with Crippen molar-refractivity contribution in [3.8, 4) is 5.75 Å². The van der Waals surface area contributed by atoms with Crippen molar-refractivity contribution in [3.63, 3.8) is 0 Å². The van der Waals surface area contributed by atoms with E-state index in [0.717, 1.165) is 49.0 Å². The average molecular weight is 390 g/mol. The number of rotatable bonds is 6. The van der Waals surface area contributed by atoms with Gasteiger partial charge in [0.25, 0.3) is 5.91 Å². The van der Waals surface area contributed by atoms with Gasteiger partial charge in [-0.3, -0.25) is 9.59 Å². The van der Waals surface area contributed by atoms with Crippen molar-refractivity contribution in [1.82, 2.24) is 10.2 Å². The molecule has 29 heavy (non-hydrogen) atoms. The van der Waals surface area contributed by atoms with Gasteiger partial charge in [-0.1, -0.05) is 30.3 Å². The molecule has 5 heteroatoms. The average Bonchev–Trinajstić information content (AvgIpc) is 3.67. The number of amides is 2. The minimum absolute atomic E-state index is 0.00723. The standard InChI is InChI=1S/C24H26N2O3/c27-23(25-20-9-10-20)17-7-5-16(6-8-17)14-26(21-11-12-21)24(28)19-13-18-3-1-2-4-22(18)29-15-19/h1-8,19-21H,9-15H2,(H,25,27). The van der Waals surface area contributed by atoms with E-state index in [4.69, 9.17) is 4.74 Å². The topological polar surface area (TPSA) is 58.6 Å². The third-order valence-corrected chi connectivity index (χ3v) is 5.98. The summed E-state index contributed by atoms with van der Waals surface area (Å²) < 4.78 is 5.84. The minimum Gasteiger partial charge on any atom is -0.492 e. The van der Waals surface area contributed by atoms with E-state index in [2.05, 4.69) is 5.32 Å². The first-order valence-electron chi connectivity index (χ1n) is 10.6. The van der Waals surface area contributed by atoms with E-state index in [1.54, 1.807) is 0 Å². The molecule has 1 N–H and O–H groups in total. The van der Waals surface area contributed by atoms with E-state index in [-0.39, 0.29) is 17.7 Å². The number of hydrogen-bond acceptors (Lipinski definition) is 3. The maximum absolute atomic E-state index is 13.3. The molecule has 0 bridgehead atoms. The van der Waals surface area contributed by atoms with Crippen molar-refractivity contribution in [1.29, 1.82) is 0 Å². The molecule has 0 radical (unpaired) electrons. The van der Waals surface area contributed by atoms with Crippen LogP contribution in [0.4, 0.5) is 0 Å². The lowest BCUT2D eigenvalue weighted by Crippen LogP contribution is -2.41. The zero-order chi connectivity index (χ0) is 19.8. The molecule has 2 amide bonds. The molecule has 0 aromatic heterocycles. The Balaban J connectivity index is 1.26. The van der Waals surface area contributed by atoms with Crippen LogP contribution in [0, 0.1) is 5.92 Å². The first kappa shape index (κ1) is 18.2. The van der Waals surface area contributed by atoms with Gasteiger partial charge in [0.1, 0.15) is 12.4 Å². The monoisotopic (exact) mass is 390 g/mol. The highest BCUT2D eigenvalue weighted by atomic mass is 16.5. The number of fused-ring (bicyclic) bond motifs is 1. The second-order valence-corrected chi connectivity index (χ2v) is 8.46. The SMILES string of the molecule is O=C(NC1CC1)c1ccc(CN(C(=O)C2COc3ccccc3C2)C2CC2)cc1. The Morgan fingerprint density at radius 3 is 2.48 bits per heavy atom. The van der Waals surface area contributed by atoms with E-state index < -0.39 is 0 Å². The van der Waals surface area contributed by atoms with Crippen LogP contribution < -0.4 is 10.1 Å². The normalized spacial score (nSPS) is 20.3. The van der Waals surface area contributed by atoms with E-state index in [0.29, 0.717) is 30.8 Å². The Labute approximate surface area is 171 Å². The molecule has 1 heterocycles. The number of benzene rings is 2. The van der Waals surface area contributed by atoms with Crippen LogP contribution in [0.15, 0.2) is 48.5 Å². The van der Waals surface area contributed by atoms with E-state index >= 15 is 0 Å². The summed E-state index contributed by atoms with van der Waals surface area (Å²) >= 11 is 0. The molecular formula is C24H26N2O3. The molecule has 0 spiro atoms. The van der Waals surface area contributed by atoms with Gasteiger partial charge in [-0.25, -0.2) is 0 Å². The summed E-state index contributed by atoms with van der Waals surface area (Å²) in [5.41, 5.74) is 2.85. The summed E-state index contributed by atoms with van der Waals surface area (Å²) in [6.45, 7) is 1.03. The van der Waals surface area contributed by atoms with Gasteiger partial charge in [0, 0.05) is 24.2 Å². The molecular weight excluding hydrogens is 364 g/mol. The van der Waals surface area contributed by atoms with E-state index in [9.17, 15) is 9.59 Å². The molecule has 3 aliphatic rings. The number of carbonyl (C=O) groups is 2. The molecule has 2 aliphatic carbocycles. The van der Waals surface area contributed by atoms with Gasteiger partial charge >= 0.3 is 0 Å². The van der Waals surface area contributed by atoms with Crippen LogP contribution in [-0.2, 0) is 17.8 Å². The Morgan fingerprint density at radius 1 is 1.00 bits per heavy atom. The van der Waals surface area contributed by atoms with Crippen molar-refractivity contribution in [2.45, 2.75) is 50.7 Å². The maximum Gasteiger partial charge on any atom is 0.251 e. The van der Waals surface area contributed by atoms with Crippen LogP contribution in [0.1, 0.15) is 47.2 Å². The van der Waals surface area contributed by atoms with Crippen molar-refractivity contribution >= 4 is 11.8 Å². The van der Waals surface area contributed by atoms with Crippen LogP contribution in [0.2, 0.25) is 0 Å². The van der Waals surface area contributed by atoms with Gasteiger partial charge in [0.05, 0.1) is 5.92 Å². The first-order chi connectivity index (χ1) is 14.2. The Kier molecular flexibility index (Phi) is 4.74. The lowest BCUT2D eigenvalue weighted by molar-refractivity contribution is -0.138. The molecule has 5 nitrogen and oxygen atoms in total. The largest absolute Gasteiger partial charge is 0.492 e. The molecule has 1 unspecified atom stereocenters. The second kappa shape index (κ2) is 7.54. The van der Waals surface area contributed by atoms with Gasteiger partial charge < -0.3 is 15.0 Å². The van der Waals surface area contributed by atoms with Crippen LogP contribution in [0.3, 0.4) is 0 Å². The zero-order valence-electron chi connectivity index (χ0n) is 16.5. The molecule has 2 aromatic carbocycles. The van der Waals surface area contributed by atoms with Crippen LogP contribution >= 0.6 is 0 Å². The first-order valence-corrected chi connectivity index (χ1v) is 10.6. The van der Waals surface area contributed by atoms with Crippen molar-refractivity contribution in [2.24, 2.45) is 5.92 Å².